The van der Waals surface area contributed by atoms with E-state index in [-0.39, 0.29) is 17.6 Å². The van der Waals surface area contributed by atoms with Crippen LogP contribution in [0.5, 0.6) is 5.75 Å². The number of esters is 1. The first-order valence-electron chi connectivity index (χ1n) is 8.11. The van der Waals surface area contributed by atoms with Crippen LogP contribution in [-0.4, -0.2) is 23.3 Å². The third kappa shape index (κ3) is 4.85. The van der Waals surface area contributed by atoms with Gasteiger partial charge in [0.1, 0.15) is 0 Å². The van der Waals surface area contributed by atoms with E-state index in [0.717, 1.165) is 5.56 Å². The van der Waals surface area contributed by atoms with Crippen LogP contribution in [0.25, 0.3) is 0 Å². The Hall–Kier alpha value is -2.87. The van der Waals surface area contributed by atoms with Crippen molar-refractivity contribution >= 4 is 17.7 Å². The van der Waals surface area contributed by atoms with Gasteiger partial charge in [-0.3, -0.25) is 0 Å². The zero-order valence-electron chi connectivity index (χ0n) is 14.7. The standard InChI is InChI=1S/C19H17FN2O4S/c1-12(25-16-6-4-3-5-15(16)20)17-21-22-19(26-17)27-11-13-7-9-14(10-8-13)18(23)24-2/h3-10,12H,11H2,1-2H3/t12-/m0/s1. The van der Waals surface area contributed by atoms with Gasteiger partial charge in [0.2, 0.25) is 0 Å². The summed E-state index contributed by atoms with van der Waals surface area (Å²) in [4.78, 5) is 11.4. The normalized spacial score (nSPS) is 11.8. The van der Waals surface area contributed by atoms with Crippen molar-refractivity contribution in [1.29, 1.82) is 0 Å². The van der Waals surface area contributed by atoms with E-state index in [9.17, 15) is 9.18 Å². The van der Waals surface area contributed by atoms with Crippen LogP contribution in [0.1, 0.15) is 34.8 Å². The molecule has 0 aliphatic heterocycles. The van der Waals surface area contributed by atoms with Gasteiger partial charge in [-0.2, -0.15) is 0 Å². The predicted octanol–water partition coefficient (Wildman–Crippen LogP) is 4.43. The average Bonchev–Trinajstić information content (AvgIpc) is 3.17. The summed E-state index contributed by atoms with van der Waals surface area (Å²) in [6.07, 6.45) is -0.580. The number of rotatable bonds is 7. The summed E-state index contributed by atoms with van der Waals surface area (Å²) in [5.41, 5.74) is 1.48. The molecule has 6 nitrogen and oxygen atoms in total. The molecule has 0 spiro atoms. The lowest BCUT2D eigenvalue weighted by molar-refractivity contribution is 0.0600. The highest BCUT2D eigenvalue weighted by molar-refractivity contribution is 7.98. The minimum absolute atomic E-state index is 0.128. The summed E-state index contributed by atoms with van der Waals surface area (Å²) in [5, 5.41) is 8.31. The molecule has 0 aliphatic rings. The second-order valence-corrected chi connectivity index (χ2v) is 6.50. The monoisotopic (exact) mass is 388 g/mol. The molecule has 140 valence electrons. The summed E-state index contributed by atoms with van der Waals surface area (Å²) >= 11 is 1.36. The molecule has 0 unspecified atom stereocenters. The van der Waals surface area contributed by atoms with Crippen LogP contribution in [0, 0.1) is 5.82 Å². The number of carbonyl (C=O) groups excluding carboxylic acids is 1. The lowest BCUT2D eigenvalue weighted by Crippen LogP contribution is -2.04. The number of halogens is 1. The van der Waals surface area contributed by atoms with E-state index in [1.54, 1.807) is 31.2 Å². The zero-order valence-corrected chi connectivity index (χ0v) is 15.5. The molecule has 0 aliphatic carbocycles. The maximum absolute atomic E-state index is 13.7. The van der Waals surface area contributed by atoms with Crippen molar-refractivity contribution in [2.24, 2.45) is 0 Å². The number of methoxy groups -OCH3 is 1. The van der Waals surface area contributed by atoms with Crippen molar-refractivity contribution in [1.82, 2.24) is 10.2 Å². The summed E-state index contributed by atoms with van der Waals surface area (Å²) in [5.74, 6) is 0.157. The molecule has 0 amide bonds. The molecule has 3 rings (SSSR count). The summed E-state index contributed by atoms with van der Waals surface area (Å²) in [6.45, 7) is 1.71. The maximum atomic E-state index is 13.7. The number of hydrogen-bond acceptors (Lipinski definition) is 7. The molecular formula is C19H17FN2O4S. The van der Waals surface area contributed by atoms with Crippen molar-refractivity contribution in [2.45, 2.75) is 24.0 Å². The van der Waals surface area contributed by atoms with Gasteiger partial charge in [-0.05, 0) is 36.8 Å². The van der Waals surface area contributed by atoms with Gasteiger partial charge in [-0.25, -0.2) is 9.18 Å². The fourth-order valence-electron chi connectivity index (χ4n) is 2.22. The van der Waals surface area contributed by atoms with Crippen molar-refractivity contribution < 1.29 is 23.1 Å². The number of aromatic nitrogens is 2. The summed E-state index contributed by atoms with van der Waals surface area (Å²) in [7, 11) is 1.34. The Kier molecular flexibility index (Phi) is 6.08. The Balaban J connectivity index is 1.57. The third-order valence-electron chi connectivity index (χ3n) is 3.65. The van der Waals surface area contributed by atoms with Crippen LogP contribution in [0.2, 0.25) is 0 Å². The van der Waals surface area contributed by atoms with Crippen LogP contribution >= 0.6 is 11.8 Å². The van der Waals surface area contributed by atoms with E-state index in [0.29, 0.717) is 16.5 Å². The molecule has 3 aromatic rings. The highest BCUT2D eigenvalue weighted by Crippen LogP contribution is 2.27. The molecule has 1 heterocycles. The largest absolute Gasteiger partial charge is 0.478 e. The van der Waals surface area contributed by atoms with Crippen molar-refractivity contribution in [3.05, 3.63) is 71.4 Å². The second kappa shape index (κ2) is 8.68. The minimum atomic E-state index is -0.580. The summed E-state index contributed by atoms with van der Waals surface area (Å²) in [6, 6.07) is 13.2. The van der Waals surface area contributed by atoms with E-state index in [1.165, 1.54) is 31.0 Å². The highest BCUT2D eigenvalue weighted by atomic mass is 32.2. The van der Waals surface area contributed by atoms with Gasteiger partial charge in [0, 0.05) is 5.75 Å². The molecule has 1 atom stereocenters. The van der Waals surface area contributed by atoms with E-state index >= 15 is 0 Å². The van der Waals surface area contributed by atoms with Gasteiger partial charge >= 0.3 is 5.97 Å². The van der Waals surface area contributed by atoms with E-state index in [4.69, 9.17) is 9.15 Å². The zero-order chi connectivity index (χ0) is 19.2. The van der Waals surface area contributed by atoms with E-state index in [2.05, 4.69) is 14.9 Å². The first-order valence-corrected chi connectivity index (χ1v) is 9.10. The van der Waals surface area contributed by atoms with Gasteiger partial charge in [-0.15, -0.1) is 10.2 Å². The molecule has 1 aromatic heterocycles. The number of ether oxygens (including phenoxy) is 2. The van der Waals surface area contributed by atoms with Crippen LogP contribution in [-0.2, 0) is 10.5 Å². The molecule has 0 N–H and O–H groups in total. The molecule has 0 fully saturated rings. The fourth-order valence-corrected chi connectivity index (χ4v) is 2.95. The first kappa shape index (κ1) is 18.9. The Bertz CT molecular complexity index is 914. The first-order chi connectivity index (χ1) is 13.1. The third-order valence-corrected chi connectivity index (χ3v) is 4.54. The molecule has 0 saturated heterocycles. The van der Waals surface area contributed by atoms with Gasteiger partial charge in [0.05, 0.1) is 12.7 Å². The Labute approximate surface area is 159 Å². The van der Waals surface area contributed by atoms with Gasteiger partial charge in [-0.1, -0.05) is 36.0 Å². The molecular weight excluding hydrogens is 371 g/mol. The fraction of sp³-hybridized carbons (Fsp3) is 0.211. The highest BCUT2D eigenvalue weighted by Gasteiger charge is 2.17. The van der Waals surface area contributed by atoms with Crippen molar-refractivity contribution in [3.8, 4) is 5.75 Å². The molecule has 0 saturated carbocycles. The number of para-hydroxylation sites is 1. The molecule has 0 bridgehead atoms. The lowest BCUT2D eigenvalue weighted by atomic mass is 10.1. The topological polar surface area (TPSA) is 74.5 Å². The molecule has 2 aromatic carbocycles. The van der Waals surface area contributed by atoms with Gasteiger partial charge < -0.3 is 13.9 Å². The number of thioether (sulfide) groups is 1. The quantitative estimate of drug-likeness (QED) is 0.438. The Morgan fingerprint density at radius 3 is 2.63 bits per heavy atom. The summed E-state index contributed by atoms with van der Waals surface area (Å²) < 4.78 is 29.4. The predicted molar refractivity (Wildman–Crippen MR) is 97.1 cm³/mol. The number of nitrogens with zero attached hydrogens (tertiary/aromatic N) is 2. The number of benzene rings is 2. The smallest absolute Gasteiger partial charge is 0.337 e. The van der Waals surface area contributed by atoms with Crippen molar-refractivity contribution in [2.75, 3.05) is 7.11 Å². The lowest BCUT2D eigenvalue weighted by Gasteiger charge is -2.11. The second-order valence-electron chi connectivity index (χ2n) is 5.57. The SMILES string of the molecule is COC(=O)c1ccc(CSc2nnc([C@H](C)Oc3ccccc3F)o2)cc1. The molecule has 0 radical (unpaired) electrons. The maximum Gasteiger partial charge on any atom is 0.337 e. The minimum Gasteiger partial charge on any atom is -0.478 e. The average molecular weight is 388 g/mol. The molecule has 8 heteroatoms. The van der Waals surface area contributed by atoms with Crippen molar-refractivity contribution in [3.63, 3.8) is 0 Å². The van der Waals surface area contributed by atoms with Crippen LogP contribution in [0.4, 0.5) is 4.39 Å². The van der Waals surface area contributed by atoms with Crippen LogP contribution < -0.4 is 4.74 Å². The van der Waals surface area contributed by atoms with Crippen LogP contribution in [0.3, 0.4) is 0 Å². The Morgan fingerprint density at radius 2 is 1.93 bits per heavy atom. The Morgan fingerprint density at radius 1 is 1.19 bits per heavy atom. The number of carbonyl (C=O) groups is 1. The molecule has 27 heavy (non-hydrogen) atoms. The van der Waals surface area contributed by atoms with Gasteiger partial charge in [0.25, 0.3) is 11.1 Å². The van der Waals surface area contributed by atoms with E-state index in [1.807, 2.05) is 12.1 Å². The number of hydrogen-bond donors (Lipinski definition) is 0. The van der Waals surface area contributed by atoms with Gasteiger partial charge in [0.15, 0.2) is 17.7 Å². The van der Waals surface area contributed by atoms with Crippen LogP contribution in [0.15, 0.2) is 58.2 Å². The van der Waals surface area contributed by atoms with E-state index < -0.39 is 11.9 Å².